The second-order valence-electron chi connectivity index (χ2n) is 7.97. The lowest BCUT2D eigenvalue weighted by atomic mass is 9.88. The topological polar surface area (TPSA) is 66.5 Å². The van der Waals surface area contributed by atoms with Gasteiger partial charge in [0.1, 0.15) is 6.54 Å². The Bertz CT molecular complexity index is 1230. The van der Waals surface area contributed by atoms with Gasteiger partial charge < -0.3 is 5.32 Å². The SMILES string of the molecule is Cc1ccc(Cl)cc1N(CC(=O)N[C@H]1CCCc2ccccc21)S(=O)(=O)c1ccccc1. The van der Waals surface area contributed by atoms with Crippen molar-refractivity contribution in [3.05, 3.63) is 94.5 Å². The third-order valence-electron chi connectivity index (χ3n) is 5.76. The number of sulfonamides is 1. The molecule has 1 aliphatic rings. The Morgan fingerprint density at radius 2 is 1.78 bits per heavy atom. The summed E-state index contributed by atoms with van der Waals surface area (Å²) in [6, 6.07) is 21.1. The van der Waals surface area contributed by atoms with Gasteiger partial charge in [0.15, 0.2) is 0 Å². The minimum absolute atomic E-state index is 0.121. The standard InChI is InChI=1S/C25H25ClN2O3S/c1-18-14-15-20(26)16-24(18)28(32(30,31)21-10-3-2-4-11-21)17-25(29)27-23-13-7-9-19-8-5-6-12-22(19)23/h2-6,8,10-12,14-16,23H,7,9,13,17H2,1H3,(H,27,29)/t23-/m0/s1. The first kappa shape index (κ1) is 22.4. The number of anilines is 1. The molecule has 0 saturated heterocycles. The summed E-state index contributed by atoms with van der Waals surface area (Å²) < 4.78 is 28.2. The van der Waals surface area contributed by atoms with E-state index in [-0.39, 0.29) is 23.4 Å². The molecule has 1 atom stereocenters. The Morgan fingerprint density at radius 3 is 2.56 bits per heavy atom. The maximum atomic E-state index is 13.5. The van der Waals surface area contributed by atoms with Crippen LogP contribution in [0.2, 0.25) is 5.02 Å². The van der Waals surface area contributed by atoms with E-state index < -0.39 is 10.0 Å². The lowest BCUT2D eigenvalue weighted by molar-refractivity contribution is -0.120. The molecule has 0 saturated carbocycles. The number of hydrogen-bond donors (Lipinski definition) is 1. The molecule has 0 aliphatic heterocycles. The molecule has 0 radical (unpaired) electrons. The first-order valence-electron chi connectivity index (χ1n) is 10.6. The highest BCUT2D eigenvalue weighted by Crippen LogP contribution is 2.31. The minimum atomic E-state index is -3.98. The molecule has 166 valence electrons. The predicted octanol–water partition coefficient (Wildman–Crippen LogP) is 5.04. The Balaban J connectivity index is 1.66. The molecule has 7 heteroatoms. The van der Waals surface area contributed by atoms with E-state index in [1.54, 1.807) is 43.3 Å². The molecule has 0 aromatic heterocycles. The van der Waals surface area contributed by atoms with Crippen molar-refractivity contribution >= 4 is 33.2 Å². The first-order valence-corrected chi connectivity index (χ1v) is 12.4. The van der Waals surface area contributed by atoms with Gasteiger partial charge in [-0.25, -0.2) is 8.42 Å². The molecule has 4 rings (SSSR count). The third-order valence-corrected chi connectivity index (χ3v) is 7.77. The maximum Gasteiger partial charge on any atom is 0.264 e. The molecule has 3 aromatic rings. The van der Waals surface area contributed by atoms with Gasteiger partial charge >= 0.3 is 0 Å². The molecule has 3 aromatic carbocycles. The summed E-state index contributed by atoms with van der Waals surface area (Å²) in [5.41, 5.74) is 3.43. The number of amides is 1. The van der Waals surface area contributed by atoms with Crippen molar-refractivity contribution in [2.75, 3.05) is 10.8 Å². The van der Waals surface area contributed by atoms with Gasteiger partial charge in [-0.2, -0.15) is 0 Å². The monoisotopic (exact) mass is 468 g/mol. The number of aryl methyl sites for hydroxylation is 2. The van der Waals surface area contributed by atoms with Crippen LogP contribution < -0.4 is 9.62 Å². The number of benzene rings is 3. The van der Waals surface area contributed by atoms with Crippen molar-refractivity contribution < 1.29 is 13.2 Å². The van der Waals surface area contributed by atoms with Crippen LogP contribution in [-0.4, -0.2) is 20.9 Å². The van der Waals surface area contributed by atoms with Gasteiger partial charge in [-0.3, -0.25) is 9.10 Å². The molecular weight excluding hydrogens is 444 g/mol. The zero-order chi connectivity index (χ0) is 22.7. The Labute approximate surface area is 194 Å². The fourth-order valence-corrected chi connectivity index (χ4v) is 5.81. The fraction of sp³-hybridized carbons (Fsp3) is 0.240. The van der Waals surface area contributed by atoms with Gasteiger partial charge in [0.2, 0.25) is 5.91 Å². The summed E-state index contributed by atoms with van der Waals surface area (Å²) in [4.78, 5) is 13.2. The van der Waals surface area contributed by atoms with E-state index in [2.05, 4.69) is 11.4 Å². The molecule has 0 fully saturated rings. The van der Waals surface area contributed by atoms with Crippen molar-refractivity contribution in [2.24, 2.45) is 0 Å². The van der Waals surface area contributed by atoms with Crippen LogP contribution in [0.5, 0.6) is 0 Å². The molecule has 0 bridgehead atoms. The van der Waals surface area contributed by atoms with Gasteiger partial charge in [-0.15, -0.1) is 0 Å². The molecule has 32 heavy (non-hydrogen) atoms. The van der Waals surface area contributed by atoms with E-state index in [1.807, 2.05) is 18.2 Å². The van der Waals surface area contributed by atoms with E-state index in [1.165, 1.54) is 17.7 Å². The largest absolute Gasteiger partial charge is 0.348 e. The zero-order valence-electron chi connectivity index (χ0n) is 17.8. The van der Waals surface area contributed by atoms with Crippen LogP contribution in [0.15, 0.2) is 77.7 Å². The number of rotatable bonds is 6. The number of fused-ring (bicyclic) bond motifs is 1. The van der Waals surface area contributed by atoms with E-state index >= 15 is 0 Å². The minimum Gasteiger partial charge on any atom is -0.348 e. The Morgan fingerprint density at radius 1 is 1.06 bits per heavy atom. The molecule has 1 aliphatic carbocycles. The second-order valence-corrected chi connectivity index (χ2v) is 10.3. The summed E-state index contributed by atoms with van der Waals surface area (Å²) in [6.07, 6.45) is 2.78. The number of carbonyl (C=O) groups is 1. The lowest BCUT2D eigenvalue weighted by Gasteiger charge is -2.29. The van der Waals surface area contributed by atoms with Gasteiger partial charge in [0, 0.05) is 5.02 Å². The highest BCUT2D eigenvalue weighted by molar-refractivity contribution is 7.92. The van der Waals surface area contributed by atoms with Gasteiger partial charge in [0.25, 0.3) is 10.0 Å². The summed E-state index contributed by atoms with van der Waals surface area (Å²) in [6.45, 7) is 1.46. The molecule has 0 heterocycles. The summed E-state index contributed by atoms with van der Waals surface area (Å²) in [5, 5.41) is 3.46. The van der Waals surface area contributed by atoms with Crippen molar-refractivity contribution in [3.8, 4) is 0 Å². The summed E-state index contributed by atoms with van der Waals surface area (Å²) >= 11 is 6.18. The average Bonchev–Trinajstić information content (AvgIpc) is 2.80. The Hall–Kier alpha value is -2.83. The van der Waals surface area contributed by atoms with Crippen LogP contribution in [0, 0.1) is 6.92 Å². The highest BCUT2D eigenvalue weighted by atomic mass is 35.5. The second kappa shape index (κ2) is 9.35. The Kier molecular flexibility index (Phi) is 6.53. The van der Waals surface area contributed by atoms with Crippen LogP contribution >= 0.6 is 11.6 Å². The van der Waals surface area contributed by atoms with Gasteiger partial charge in [0.05, 0.1) is 16.6 Å². The van der Waals surface area contributed by atoms with E-state index in [0.717, 1.165) is 29.1 Å². The first-order chi connectivity index (χ1) is 15.4. The molecule has 1 N–H and O–H groups in total. The third kappa shape index (κ3) is 4.66. The van der Waals surface area contributed by atoms with E-state index in [9.17, 15) is 13.2 Å². The average molecular weight is 469 g/mol. The van der Waals surface area contributed by atoms with E-state index in [4.69, 9.17) is 11.6 Å². The smallest absolute Gasteiger partial charge is 0.264 e. The maximum absolute atomic E-state index is 13.5. The van der Waals surface area contributed by atoms with E-state index in [0.29, 0.717) is 16.3 Å². The number of hydrogen-bond acceptors (Lipinski definition) is 3. The molecule has 1 amide bonds. The van der Waals surface area contributed by atoms with Crippen LogP contribution in [0.3, 0.4) is 0 Å². The van der Waals surface area contributed by atoms with Crippen molar-refractivity contribution in [2.45, 2.75) is 37.1 Å². The quantitative estimate of drug-likeness (QED) is 0.551. The highest BCUT2D eigenvalue weighted by Gasteiger charge is 2.30. The zero-order valence-corrected chi connectivity index (χ0v) is 19.4. The van der Waals surface area contributed by atoms with Gasteiger partial charge in [-0.1, -0.05) is 60.1 Å². The number of nitrogens with one attached hydrogen (secondary N) is 1. The van der Waals surface area contributed by atoms with Crippen LogP contribution in [0.25, 0.3) is 0 Å². The van der Waals surface area contributed by atoms with Crippen molar-refractivity contribution in [1.29, 1.82) is 0 Å². The predicted molar refractivity (Wildman–Crippen MR) is 127 cm³/mol. The number of nitrogens with zero attached hydrogens (tertiary/aromatic N) is 1. The van der Waals surface area contributed by atoms with Crippen LogP contribution in [0.1, 0.15) is 35.6 Å². The lowest BCUT2D eigenvalue weighted by Crippen LogP contribution is -2.42. The van der Waals surface area contributed by atoms with Crippen LogP contribution in [-0.2, 0) is 21.2 Å². The number of carbonyl (C=O) groups excluding carboxylic acids is 1. The van der Waals surface area contributed by atoms with Crippen molar-refractivity contribution in [3.63, 3.8) is 0 Å². The molecular formula is C25H25ClN2O3S. The summed E-state index contributed by atoms with van der Waals surface area (Å²) in [5.74, 6) is -0.356. The van der Waals surface area contributed by atoms with Crippen molar-refractivity contribution in [1.82, 2.24) is 5.32 Å². The van der Waals surface area contributed by atoms with Crippen LogP contribution in [0.4, 0.5) is 5.69 Å². The molecule has 0 unspecified atom stereocenters. The van der Waals surface area contributed by atoms with Gasteiger partial charge in [-0.05, 0) is 67.1 Å². The fourth-order valence-electron chi connectivity index (χ4n) is 4.14. The summed E-state index contributed by atoms with van der Waals surface area (Å²) in [7, 11) is -3.98. The molecule has 5 nitrogen and oxygen atoms in total. The molecule has 0 spiro atoms. The normalized spacial score (nSPS) is 15.6. The number of halogens is 1.